The Morgan fingerprint density at radius 1 is 1.17 bits per heavy atom. The van der Waals surface area contributed by atoms with Crippen LogP contribution in [0.2, 0.25) is 0 Å². The Kier molecular flexibility index (Phi) is 9.95. The van der Waals surface area contributed by atoms with E-state index < -0.39 is 0 Å². The first-order valence-corrected chi connectivity index (χ1v) is 8.02. The minimum Gasteiger partial charge on any atom is -0.496 e. The predicted octanol–water partition coefficient (Wildman–Crippen LogP) is 4.40. The number of rotatable bonds is 7. The summed E-state index contributed by atoms with van der Waals surface area (Å²) in [5.74, 6) is 2.05. The van der Waals surface area contributed by atoms with Crippen molar-refractivity contribution in [1.82, 2.24) is 0 Å². The summed E-state index contributed by atoms with van der Waals surface area (Å²) < 4.78 is 9.46. The fraction of sp³-hybridized carbons (Fsp3) is 0.579. The van der Waals surface area contributed by atoms with E-state index in [1.807, 2.05) is 19.1 Å². The highest BCUT2D eigenvalue weighted by atomic mass is 16.5. The van der Waals surface area contributed by atoms with Crippen molar-refractivity contribution in [1.29, 1.82) is 0 Å². The minimum absolute atomic E-state index is 0.203. The first kappa shape index (κ1) is 21.2. The van der Waals surface area contributed by atoms with Crippen LogP contribution in [0, 0.1) is 5.92 Å². The van der Waals surface area contributed by atoms with Crippen LogP contribution in [0.25, 0.3) is 0 Å². The van der Waals surface area contributed by atoms with Crippen molar-refractivity contribution in [2.75, 3.05) is 14.2 Å². The minimum atomic E-state index is 0.203. The average molecular weight is 322 g/mol. The molecule has 0 amide bonds. The Balaban J connectivity index is 0.00000108. The van der Waals surface area contributed by atoms with Crippen LogP contribution in [0.3, 0.4) is 0 Å². The van der Waals surface area contributed by atoms with E-state index >= 15 is 0 Å². The lowest BCUT2D eigenvalue weighted by Crippen LogP contribution is -2.07. The number of carbonyl (C=O) groups excluding carboxylic acids is 2. The SMILES string of the molecule is CCC(=O)c1cc(CC(C)C)c(OC)c(C(C)C)c1.COC=O. The predicted molar refractivity (Wildman–Crippen MR) is 93.3 cm³/mol. The molecule has 0 fully saturated rings. The highest BCUT2D eigenvalue weighted by molar-refractivity contribution is 5.96. The van der Waals surface area contributed by atoms with Gasteiger partial charge in [0, 0.05) is 12.0 Å². The Morgan fingerprint density at radius 2 is 1.74 bits per heavy atom. The van der Waals surface area contributed by atoms with Gasteiger partial charge in [-0.05, 0) is 41.5 Å². The van der Waals surface area contributed by atoms with E-state index in [1.54, 1.807) is 7.11 Å². The molecule has 1 aromatic rings. The van der Waals surface area contributed by atoms with Gasteiger partial charge in [-0.3, -0.25) is 9.59 Å². The third-order valence-corrected chi connectivity index (χ3v) is 3.39. The number of ketones is 1. The normalized spacial score (nSPS) is 10.1. The Morgan fingerprint density at radius 3 is 2.09 bits per heavy atom. The van der Waals surface area contributed by atoms with Gasteiger partial charge in [0.15, 0.2) is 5.78 Å². The van der Waals surface area contributed by atoms with E-state index in [0.29, 0.717) is 24.7 Å². The summed E-state index contributed by atoms with van der Waals surface area (Å²) in [6, 6.07) is 4.01. The van der Waals surface area contributed by atoms with Crippen molar-refractivity contribution in [3.8, 4) is 5.75 Å². The number of hydrogen-bond donors (Lipinski definition) is 0. The number of ether oxygens (including phenoxy) is 2. The maximum atomic E-state index is 12.0. The lowest BCUT2D eigenvalue weighted by atomic mass is 9.91. The van der Waals surface area contributed by atoms with Gasteiger partial charge in [-0.1, -0.05) is 34.6 Å². The van der Waals surface area contributed by atoms with Gasteiger partial charge in [-0.15, -0.1) is 0 Å². The molecule has 4 nitrogen and oxygen atoms in total. The summed E-state index contributed by atoms with van der Waals surface area (Å²) in [5, 5.41) is 0. The molecule has 0 N–H and O–H groups in total. The van der Waals surface area contributed by atoms with Gasteiger partial charge in [-0.2, -0.15) is 0 Å². The van der Waals surface area contributed by atoms with Crippen LogP contribution in [0.1, 0.15) is 68.4 Å². The van der Waals surface area contributed by atoms with Gasteiger partial charge in [0.05, 0.1) is 14.2 Å². The van der Waals surface area contributed by atoms with Crippen molar-refractivity contribution in [3.05, 3.63) is 28.8 Å². The van der Waals surface area contributed by atoms with Crippen LogP contribution >= 0.6 is 0 Å². The zero-order chi connectivity index (χ0) is 18.0. The van der Waals surface area contributed by atoms with Gasteiger partial charge in [0.1, 0.15) is 5.75 Å². The topological polar surface area (TPSA) is 52.6 Å². The molecule has 0 atom stereocenters. The molecule has 0 unspecified atom stereocenters. The number of hydrogen-bond acceptors (Lipinski definition) is 4. The number of carbonyl (C=O) groups is 2. The van der Waals surface area contributed by atoms with Crippen LogP contribution < -0.4 is 4.74 Å². The Bertz CT molecular complexity index is 504. The van der Waals surface area contributed by atoms with Gasteiger partial charge >= 0.3 is 0 Å². The van der Waals surface area contributed by atoms with Crippen molar-refractivity contribution < 1.29 is 19.1 Å². The molecular formula is C19H30O4. The molecule has 130 valence electrons. The van der Waals surface area contributed by atoms with Crippen LogP contribution in [0.4, 0.5) is 0 Å². The zero-order valence-electron chi connectivity index (χ0n) is 15.4. The maximum absolute atomic E-state index is 12.0. The fourth-order valence-corrected chi connectivity index (χ4v) is 2.35. The summed E-state index contributed by atoms with van der Waals surface area (Å²) in [4.78, 5) is 20.9. The fourth-order valence-electron chi connectivity index (χ4n) is 2.35. The summed E-state index contributed by atoms with van der Waals surface area (Å²) in [6.45, 7) is 10.9. The maximum Gasteiger partial charge on any atom is 0.292 e. The van der Waals surface area contributed by atoms with Crippen LogP contribution in [0.5, 0.6) is 5.75 Å². The molecule has 0 radical (unpaired) electrons. The second kappa shape index (κ2) is 10.8. The largest absolute Gasteiger partial charge is 0.496 e. The van der Waals surface area contributed by atoms with E-state index in [4.69, 9.17) is 9.53 Å². The summed E-state index contributed by atoms with van der Waals surface area (Å²) in [7, 11) is 3.03. The van der Waals surface area contributed by atoms with Crippen LogP contribution in [-0.2, 0) is 16.0 Å². The summed E-state index contributed by atoms with van der Waals surface area (Å²) in [5.41, 5.74) is 3.11. The standard InChI is InChI=1S/C17H26O2.C2H4O2/c1-7-16(18)13-9-14(8-11(2)3)17(19-6)15(10-13)12(4)5;1-4-2-3/h9-12H,7-8H2,1-6H3;2H,1H3. The van der Waals surface area contributed by atoms with Gasteiger partial charge < -0.3 is 9.47 Å². The third kappa shape index (κ3) is 6.85. The molecule has 0 bridgehead atoms. The molecule has 0 aliphatic heterocycles. The molecule has 0 aromatic heterocycles. The van der Waals surface area contributed by atoms with E-state index in [0.717, 1.165) is 28.9 Å². The molecule has 4 heteroatoms. The number of benzene rings is 1. The smallest absolute Gasteiger partial charge is 0.292 e. The highest BCUT2D eigenvalue weighted by Gasteiger charge is 2.17. The molecule has 1 aromatic carbocycles. The average Bonchev–Trinajstić information content (AvgIpc) is 2.52. The highest BCUT2D eigenvalue weighted by Crippen LogP contribution is 2.33. The molecule has 23 heavy (non-hydrogen) atoms. The summed E-state index contributed by atoms with van der Waals surface area (Å²) in [6.07, 6.45) is 1.48. The molecular weight excluding hydrogens is 292 g/mol. The Labute approximate surface area is 140 Å². The van der Waals surface area contributed by atoms with Gasteiger partial charge in [-0.25, -0.2) is 0 Å². The Hall–Kier alpha value is -1.84. The van der Waals surface area contributed by atoms with Crippen molar-refractivity contribution in [2.24, 2.45) is 5.92 Å². The molecule has 0 saturated carbocycles. The van der Waals surface area contributed by atoms with Gasteiger partial charge in [0.2, 0.25) is 0 Å². The lowest BCUT2D eigenvalue weighted by Gasteiger charge is -2.19. The van der Waals surface area contributed by atoms with E-state index in [-0.39, 0.29) is 5.78 Å². The molecule has 0 aliphatic rings. The molecule has 0 saturated heterocycles. The van der Waals surface area contributed by atoms with E-state index in [2.05, 4.69) is 32.4 Å². The van der Waals surface area contributed by atoms with Crippen molar-refractivity contribution in [3.63, 3.8) is 0 Å². The van der Waals surface area contributed by atoms with Crippen LogP contribution in [0.15, 0.2) is 12.1 Å². The van der Waals surface area contributed by atoms with Crippen LogP contribution in [-0.4, -0.2) is 26.5 Å². The van der Waals surface area contributed by atoms with E-state index in [1.165, 1.54) is 7.11 Å². The number of methoxy groups -OCH3 is 2. The zero-order valence-corrected chi connectivity index (χ0v) is 15.4. The second-order valence-electron chi connectivity index (χ2n) is 6.12. The van der Waals surface area contributed by atoms with Crippen molar-refractivity contribution in [2.45, 2.75) is 53.4 Å². The third-order valence-electron chi connectivity index (χ3n) is 3.39. The first-order valence-electron chi connectivity index (χ1n) is 8.02. The van der Waals surface area contributed by atoms with E-state index in [9.17, 15) is 4.79 Å². The second-order valence-corrected chi connectivity index (χ2v) is 6.12. The van der Waals surface area contributed by atoms with Crippen molar-refractivity contribution >= 4 is 12.3 Å². The first-order chi connectivity index (χ1) is 10.8. The van der Waals surface area contributed by atoms with Gasteiger partial charge in [0.25, 0.3) is 6.47 Å². The molecule has 1 rings (SSSR count). The molecule has 0 spiro atoms. The lowest BCUT2D eigenvalue weighted by molar-refractivity contribution is -0.126. The molecule has 0 aliphatic carbocycles. The quantitative estimate of drug-likeness (QED) is 0.551. The number of Topliss-reactive ketones (excluding diaryl/α,β-unsaturated/α-hetero) is 1. The molecule has 0 heterocycles. The summed E-state index contributed by atoms with van der Waals surface area (Å²) >= 11 is 0. The monoisotopic (exact) mass is 322 g/mol.